The second-order valence-corrected chi connectivity index (χ2v) is 8.70. The Morgan fingerprint density at radius 2 is 1.97 bits per heavy atom. The van der Waals surface area contributed by atoms with Gasteiger partial charge in [-0.15, -0.1) is 10.2 Å². The van der Waals surface area contributed by atoms with Gasteiger partial charge in [0.25, 0.3) is 10.0 Å². The van der Waals surface area contributed by atoms with Crippen LogP contribution in [0.1, 0.15) is 5.56 Å². The number of sulfonamides is 1. The third kappa shape index (κ3) is 4.18. The molecule has 0 saturated carbocycles. The average molecular weight is 482 g/mol. The average Bonchev–Trinajstić information content (AvgIpc) is 3.38. The number of rotatable bonds is 5. The van der Waals surface area contributed by atoms with E-state index in [4.69, 9.17) is 11.6 Å². The number of anilines is 1. The summed E-state index contributed by atoms with van der Waals surface area (Å²) in [5.74, 6) is 0.593. The van der Waals surface area contributed by atoms with Gasteiger partial charge in [-0.3, -0.25) is 19.4 Å². The number of aromatic nitrogens is 6. The van der Waals surface area contributed by atoms with E-state index in [-0.39, 0.29) is 17.2 Å². The molecule has 0 unspecified atom stereocenters. The van der Waals surface area contributed by atoms with Crippen molar-refractivity contribution < 1.29 is 21.6 Å². The highest BCUT2D eigenvalue weighted by atomic mass is 35.5. The quantitative estimate of drug-likeness (QED) is 0.420. The van der Waals surface area contributed by atoms with Crippen LogP contribution in [0.15, 0.2) is 53.9 Å². The van der Waals surface area contributed by atoms with Crippen LogP contribution < -0.4 is 10.2 Å². The molecule has 0 radical (unpaired) electrons. The van der Waals surface area contributed by atoms with Gasteiger partial charge in [0.15, 0.2) is 11.6 Å². The van der Waals surface area contributed by atoms with Gasteiger partial charge in [0, 0.05) is 18.5 Å². The first kappa shape index (κ1) is 21.8. The molecule has 0 saturated heterocycles. The summed E-state index contributed by atoms with van der Waals surface area (Å²) in [6.45, 7) is 0. The van der Waals surface area contributed by atoms with Crippen LogP contribution in [0.25, 0.3) is 17.3 Å². The predicted molar refractivity (Wildman–Crippen MR) is 112 cm³/mol. The van der Waals surface area contributed by atoms with Gasteiger partial charge < -0.3 is 0 Å². The minimum Gasteiger partial charge on any atom is -0.284 e. The molecule has 1 aromatic carbocycles. The van der Waals surface area contributed by atoms with Crippen molar-refractivity contribution in [1.82, 2.24) is 29.9 Å². The molecule has 4 rings (SSSR count). The van der Waals surface area contributed by atoms with Crippen LogP contribution in [-0.2, 0) is 16.2 Å². The number of benzene rings is 1. The van der Waals surface area contributed by atoms with Crippen molar-refractivity contribution >= 4 is 40.6 Å². The van der Waals surface area contributed by atoms with E-state index in [1.54, 1.807) is 20.1 Å². The van der Waals surface area contributed by atoms with Crippen molar-refractivity contribution in [3.63, 3.8) is 0 Å². The molecule has 0 aliphatic heterocycles. The van der Waals surface area contributed by atoms with Gasteiger partial charge in [-0.2, -0.15) is 18.3 Å². The van der Waals surface area contributed by atoms with Crippen molar-refractivity contribution in [2.24, 2.45) is 0 Å². The molecule has 164 valence electrons. The SMILES string of the molecule is Bc1cnc(-c2nncn2-c2cc[nH]n2)c(NS(=O)(=O)c2ccc(Cl)c(C(F)(F)F)c2)c1. The van der Waals surface area contributed by atoms with E-state index < -0.39 is 31.7 Å². The lowest BCUT2D eigenvalue weighted by molar-refractivity contribution is -0.137. The fourth-order valence-electron chi connectivity index (χ4n) is 2.87. The zero-order chi connectivity index (χ0) is 23.1. The molecular weight excluding hydrogens is 470 g/mol. The molecule has 3 aromatic heterocycles. The van der Waals surface area contributed by atoms with Crippen LogP contribution in [0, 0.1) is 0 Å². The highest BCUT2D eigenvalue weighted by Gasteiger charge is 2.34. The fraction of sp³-hybridized carbons (Fsp3) is 0.0588. The van der Waals surface area contributed by atoms with E-state index in [0.29, 0.717) is 17.3 Å². The molecular formula is C17H12BClF3N7O2S. The standard InChI is InChI=1S/C17H12BClF3N7O2S/c18-9-5-13(15(23-7-9)16-27-25-8-29(16)14-3-4-24-26-14)28-32(30,31)10-1-2-12(19)11(6-10)17(20,21)22/h1-8,28H,18H2,(H,24,26). The zero-order valence-corrected chi connectivity index (χ0v) is 17.7. The fourth-order valence-corrected chi connectivity index (χ4v) is 4.18. The Kier molecular flexibility index (Phi) is 5.42. The minimum atomic E-state index is -4.82. The number of nitrogens with zero attached hydrogens (tertiary/aromatic N) is 5. The molecule has 9 nitrogen and oxygen atoms in total. The van der Waals surface area contributed by atoms with Gasteiger partial charge in [0.2, 0.25) is 0 Å². The Labute approximate surface area is 185 Å². The van der Waals surface area contributed by atoms with E-state index in [1.165, 1.54) is 23.2 Å². The topological polar surface area (TPSA) is 118 Å². The number of halogens is 4. The van der Waals surface area contributed by atoms with Gasteiger partial charge in [-0.1, -0.05) is 17.1 Å². The molecule has 0 aliphatic carbocycles. The van der Waals surface area contributed by atoms with Crippen LogP contribution >= 0.6 is 11.6 Å². The largest absolute Gasteiger partial charge is 0.417 e. The number of pyridine rings is 1. The van der Waals surface area contributed by atoms with Gasteiger partial charge in [0.1, 0.15) is 19.9 Å². The molecule has 0 fully saturated rings. The molecule has 32 heavy (non-hydrogen) atoms. The second kappa shape index (κ2) is 7.95. The summed E-state index contributed by atoms with van der Waals surface area (Å²) in [7, 11) is -2.76. The maximum atomic E-state index is 13.2. The van der Waals surface area contributed by atoms with Crippen LogP contribution in [0.4, 0.5) is 18.9 Å². The summed E-state index contributed by atoms with van der Waals surface area (Å²) in [5.41, 5.74) is -0.560. The monoisotopic (exact) mass is 481 g/mol. The predicted octanol–water partition coefficient (Wildman–Crippen LogP) is 1.78. The second-order valence-electron chi connectivity index (χ2n) is 6.61. The minimum absolute atomic E-state index is 0.00158. The van der Waals surface area contributed by atoms with Gasteiger partial charge in [-0.25, -0.2) is 8.42 Å². The first-order valence-electron chi connectivity index (χ1n) is 8.83. The summed E-state index contributed by atoms with van der Waals surface area (Å²) in [4.78, 5) is 3.64. The number of alkyl halides is 3. The maximum absolute atomic E-state index is 13.2. The number of aromatic amines is 1. The Morgan fingerprint density at radius 3 is 2.66 bits per heavy atom. The molecule has 0 spiro atoms. The van der Waals surface area contributed by atoms with E-state index in [9.17, 15) is 21.6 Å². The lowest BCUT2D eigenvalue weighted by atomic mass is 9.98. The van der Waals surface area contributed by atoms with Crippen LogP contribution in [-0.4, -0.2) is 46.2 Å². The zero-order valence-electron chi connectivity index (χ0n) is 16.1. The lowest BCUT2D eigenvalue weighted by Crippen LogP contribution is -2.18. The van der Waals surface area contributed by atoms with Crippen molar-refractivity contribution in [3.05, 3.63) is 59.6 Å². The number of nitrogens with one attached hydrogen (secondary N) is 2. The highest BCUT2D eigenvalue weighted by Crippen LogP contribution is 2.36. The van der Waals surface area contributed by atoms with E-state index in [1.807, 2.05) is 0 Å². The number of hydrogen-bond donors (Lipinski definition) is 2. The molecule has 3 heterocycles. The maximum Gasteiger partial charge on any atom is 0.417 e. The molecule has 0 bridgehead atoms. The molecule has 0 aliphatic rings. The first-order valence-corrected chi connectivity index (χ1v) is 10.7. The van der Waals surface area contributed by atoms with E-state index in [2.05, 4.69) is 30.1 Å². The smallest absolute Gasteiger partial charge is 0.284 e. The number of H-pyrrole nitrogens is 1. The van der Waals surface area contributed by atoms with E-state index in [0.717, 1.165) is 12.1 Å². The molecule has 0 atom stereocenters. The Hall–Kier alpha value is -3.39. The molecule has 2 N–H and O–H groups in total. The Balaban J connectivity index is 1.79. The highest BCUT2D eigenvalue weighted by molar-refractivity contribution is 7.92. The molecule has 15 heteroatoms. The Bertz CT molecular complexity index is 1390. The van der Waals surface area contributed by atoms with Gasteiger partial charge in [0.05, 0.1) is 21.2 Å². The summed E-state index contributed by atoms with van der Waals surface area (Å²) in [6.07, 6.45) is -0.399. The molecule has 0 amide bonds. The summed E-state index contributed by atoms with van der Waals surface area (Å²) < 4.78 is 69.2. The summed E-state index contributed by atoms with van der Waals surface area (Å²) >= 11 is 5.60. The van der Waals surface area contributed by atoms with Gasteiger partial charge in [-0.05, 0) is 24.3 Å². The first-order chi connectivity index (χ1) is 15.1. The Morgan fingerprint density at radius 1 is 1.19 bits per heavy atom. The summed E-state index contributed by atoms with van der Waals surface area (Å²) in [6, 6.07) is 5.44. The van der Waals surface area contributed by atoms with Crippen molar-refractivity contribution in [3.8, 4) is 17.3 Å². The number of hydrogen-bond acceptors (Lipinski definition) is 6. The summed E-state index contributed by atoms with van der Waals surface area (Å²) in [5, 5.41) is 13.9. The van der Waals surface area contributed by atoms with Crippen LogP contribution in [0.5, 0.6) is 0 Å². The van der Waals surface area contributed by atoms with Crippen molar-refractivity contribution in [2.75, 3.05) is 4.72 Å². The van der Waals surface area contributed by atoms with Crippen molar-refractivity contribution in [2.45, 2.75) is 11.1 Å². The third-order valence-electron chi connectivity index (χ3n) is 4.31. The van der Waals surface area contributed by atoms with Gasteiger partial charge >= 0.3 is 6.18 Å². The molecule has 4 aromatic rings. The van der Waals surface area contributed by atoms with Crippen LogP contribution in [0.3, 0.4) is 0 Å². The van der Waals surface area contributed by atoms with Crippen molar-refractivity contribution in [1.29, 1.82) is 0 Å². The third-order valence-corrected chi connectivity index (χ3v) is 6.01. The normalized spacial score (nSPS) is 12.1. The van der Waals surface area contributed by atoms with Crippen LogP contribution in [0.2, 0.25) is 5.02 Å². The van der Waals surface area contributed by atoms with E-state index >= 15 is 0 Å². The lowest BCUT2D eigenvalue weighted by Gasteiger charge is -2.14.